The summed E-state index contributed by atoms with van der Waals surface area (Å²) in [7, 11) is -4.09. The third kappa shape index (κ3) is 7.08. The molecule has 238 valence electrons. The molecule has 0 unspecified atom stereocenters. The second-order valence-electron chi connectivity index (χ2n) is 12.1. The van der Waals surface area contributed by atoms with Crippen molar-refractivity contribution in [2.24, 2.45) is 0 Å². The Morgan fingerprint density at radius 2 is 1.91 bits per heavy atom. The van der Waals surface area contributed by atoms with E-state index in [4.69, 9.17) is 14.2 Å². The second-order valence-corrected chi connectivity index (χ2v) is 15.9. The van der Waals surface area contributed by atoms with Crippen molar-refractivity contribution in [1.82, 2.24) is 19.3 Å². The first-order valence-corrected chi connectivity index (χ1v) is 17.3. The van der Waals surface area contributed by atoms with Crippen molar-refractivity contribution >= 4 is 25.7 Å². The molecule has 5 rings (SSSR count). The van der Waals surface area contributed by atoms with E-state index in [1.807, 2.05) is 25.8 Å². The first kappa shape index (κ1) is 31.9. The van der Waals surface area contributed by atoms with E-state index in [1.54, 1.807) is 18.2 Å². The predicted molar refractivity (Wildman–Crippen MR) is 159 cm³/mol. The van der Waals surface area contributed by atoms with Crippen LogP contribution in [-0.4, -0.2) is 108 Å². The Labute approximate surface area is 253 Å². The summed E-state index contributed by atoms with van der Waals surface area (Å²) in [5.41, 5.74) is -0.176. The molecule has 0 radical (unpaired) electrons. The number of rotatable bonds is 10. The highest BCUT2D eigenvalue weighted by Gasteiger charge is 2.45. The lowest BCUT2D eigenvalue weighted by atomic mass is 9.88. The number of likely N-dealkylation sites (N-methyl/N-ethyl adjacent to an activating group) is 1. The van der Waals surface area contributed by atoms with E-state index in [1.165, 1.54) is 29.7 Å². The second kappa shape index (κ2) is 12.1. The highest BCUT2D eigenvalue weighted by molar-refractivity contribution is 7.89. The minimum Gasteiger partial charge on any atom is -0.491 e. The van der Waals surface area contributed by atoms with Gasteiger partial charge in [-0.1, -0.05) is 6.07 Å². The molecule has 2 aromatic rings. The van der Waals surface area contributed by atoms with Gasteiger partial charge in [0.2, 0.25) is 25.9 Å². The first-order valence-electron chi connectivity index (χ1n) is 14.3. The molecule has 0 aliphatic carbocycles. The average Bonchev–Trinajstić information content (AvgIpc) is 3.36. The minimum absolute atomic E-state index is 0.00606. The van der Waals surface area contributed by atoms with E-state index >= 15 is 0 Å². The van der Waals surface area contributed by atoms with Gasteiger partial charge in [-0.25, -0.2) is 26.5 Å². The number of piperidine rings is 1. The molecular weight excluding hydrogens is 598 g/mol. The largest absolute Gasteiger partial charge is 0.491 e. The fraction of sp³-hybridized carbons (Fsp3) is 0.607. The van der Waals surface area contributed by atoms with Crippen LogP contribution in [0.2, 0.25) is 0 Å². The van der Waals surface area contributed by atoms with Crippen LogP contribution in [0.1, 0.15) is 33.1 Å². The lowest BCUT2D eigenvalue weighted by Crippen LogP contribution is -2.47. The molecule has 43 heavy (non-hydrogen) atoms. The number of hydrogen-bond acceptors (Lipinski definition) is 11. The van der Waals surface area contributed by atoms with Gasteiger partial charge < -0.3 is 29.5 Å². The lowest BCUT2D eigenvalue weighted by molar-refractivity contribution is -0.0312. The third-order valence-corrected chi connectivity index (χ3v) is 11.4. The Morgan fingerprint density at radius 1 is 1.16 bits per heavy atom. The number of aliphatic hydroxyl groups is 1. The zero-order valence-electron chi connectivity index (χ0n) is 24.9. The Hall–Kier alpha value is -2.53. The summed E-state index contributed by atoms with van der Waals surface area (Å²) in [4.78, 5) is 6.53. The van der Waals surface area contributed by atoms with Gasteiger partial charge in [0, 0.05) is 38.8 Å². The minimum atomic E-state index is -3.74. The van der Waals surface area contributed by atoms with Crippen LogP contribution in [0.4, 0.5) is 5.69 Å². The Kier molecular flexibility index (Phi) is 8.97. The fourth-order valence-electron chi connectivity index (χ4n) is 5.88. The molecule has 0 saturated carbocycles. The lowest BCUT2D eigenvalue weighted by Gasteiger charge is -2.39. The summed E-state index contributed by atoms with van der Waals surface area (Å²) in [5.74, 6) is 0.773. The zero-order chi connectivity index (χ0) is 31.0. The van der Waals surface area contributed by atoms with Gasteiger partial charge in [0.1, 0.15) is 34.6 Å². The first-order chi connectivity index (χ1) is 20.2. The molecule has 2 fully saturated rings. The Balaban J connectivity index is 1.10. The van der Waals surface area contributed by atoms with Crippen LogP contribution in [0, 0.1) is 0 Å². The van der Waals surface area contributed by atoms with Gasteiger partial charge in [-0.05, 0) is 58.4 Å². The summed E-state index contributed by atoms with van der Waals surface area (Å²) in [6.07, 6.45) is 2.38. The molecule has 2 saturated heterocycles. The molecule has 1 aromatic heterocycles. The topological polar surface area (TPSA) is 160 Å². The molecule has 1 spiro atoms. The molecular formula is C28H41N5O8S2. The highest BCUT2D eigenvalue weighted by Crippen LogP contribution is 2.39. The van der Waals surface area contributed by atoms with Crippen molar-refractivity contribution in [1.29, 1.82) is 0 Å². The number of nitrogens with zero attached hydrogens (tertiary/aromatic N) is 3. The van der Waals surface area contributed by atoms with Crippen molar-refractivity contribution in [3.63, 3.8) is 0 Å². The summed E-state index contributed by atoms with van der Waals surface area (Å²) in [6, 6.07) is 7.72. The van der Waals surface area contributed by atoms with Gasteiger partial charge in [0.05, 0.1) is 29.8 Å². The number of sulfonamides is 2. The SMILES string of the molecule is CNS(=O)(=O)c1cccc(OC[C@@H](O)CN[C@H]2COC3(CCN(S(=O)(=O)c4cnc5c(c4)N(C)CC(C)(C)O5)CC3)C2)c1. The van der Waals surface area contributed by atoms with Crippen molar-refractivity contribution in [2.45, 2.75) is 66.2 Å². The number of fused-ring (bicyclic) bond motifs is 1. The van der Waals surface area contributed by atoms with Crippen LogP contribution >= 0.6 is 0 Å². The summed E-state index contributed by atoms with van der Waals surface area (Å²) >= 11 is 0. The molecule has 2 atom stereocenters. The number of hydrogen-bond donors (Lipinski definition) is 3. The number of aromatic nitrogens is 1. The van der Waals surface area contributed by atoms with Crippen LogP contribution in [0.15, 0.2) is 46.3 Å². The maximum Gasteiger partial charge on any atom is 0.244 e. The average molecular weight is 640 g/mol. The predicted octanol–water partition coefficient (Wildman–Crippen LogP) is 0.939. The molecule has 1 aromatic carbocycles. The van der Waals surface area contributed by atoms with Crippen LogP contribution in [-0.2, 0) is 24.8 Å². The number of ether oxygens (including phenoxy) is 3. The van der Waals surface area contributed by atoms with Crippen molar-refractivity contribution in [3.8, 4) is 11.6 Å². The normalized spacial score (nSPS) is 22.6. The van der Waals surface area contributed by atoms with Gasteiger partial charge in [-0.15, -0.1) is 0 Å². The van der Waals surface area contributed by atoms with Gasteiger partial charge >= 0.3 is 0 Å². The molecule has 3 N–H and O–H groups in total. The third-order valence-electron chi connectivity index (χ3n) is 8.16. The zero-order valence-corrected chi connectivity index (χ0v) is 26.6. The number of benzene rings is 1. The Bertz CT molecular complexity index is 1530. The van der Waals surface area contributed by atoms with Crippen molar-refractivity contribution in [2.75, 3.05) is 58.4 Å². The van der Waals surface area contributed by atoms with Gasteiger partial charge in [-0.2, -0.15) is 4.31 Å². The fourth-order valence-corrected chi connectivity index (χ4v) is 8.05. The van der Waals surface area contributed by atoms with E-state index in [2.05, 4.69) is 15.0 Å². The van der Waals surface area contributed by atoms with Crippen LogP contribution in [0.3, 0.4) is 0 Å². The monoisotopic (exact) mass is 639 g/mol. The van der Waals surface area contributed by atoms with Gasteiger partial charge in [0.25, 0.3) is 0 Å². The molecule has 13 nitrogen and oxygen atoms in total. The number of aliphatic hydroxyl groups excluding tert-OH is 1. The number of nitrogens with one attached hydrogen (secondary N) is 2. The van der Waals surface area contributed by atoms with Gasteiger partial charge in [0.15, 0.2) is 0 Å². The molecule has 4 heterocycles. The summed E-state index contributed by atoms with van der Waals surface area (Å²) in [5, 5.41) is 13.8. The maximum absolute atomic E-state index is 13.5. The van der Waals surface area contributed by atoms with E-state index in [-0.39, 0.29) is 29.0 Å². The summed E-state index contributed by atoms with van der Waals surface area (Å²) in [6.45, 7) is 5.93. The maximum atomic E-state index is 13.5. The van der Waals surface area contributed by atoms with Crippen LogP contribution < -0.4 is 24.4 Å². The van der Waals surface area contributed by atoms with Crippen molar-refractivity contribution < 1.29 is 36.2 Å². The standard InChI is InChI=1S/C28H41N5O8S2/c1-27(2)19-32(4)25-13-24(16-31-26(25)41-27)43(37,38)33-10-8-28(9-11-33)14-20(17-40-28)30-15-21(34)18-39-22-6-5-7-23(12-22)42(35,36)29-3/h5-7,12-13,16,20-21,29-30,34H,8-11,14-15,17-19H2,1-4H3/t20-,21+/m1/s1. The number of pyridine rings is 1. The van der Waals surface area contributed by atoms with Crippen LogP contribution in [0.5, 0.6) is 11.6 Å². The molecule has 3 aliphatic heterocycles. The molecule has 15 heteroatoms. The smallest absolute Gasteiger partial charge is 0.244 e. The van der Waals surface area contributed by atoms with E-state index in [0.717, 1.165) is 0 Å². The van der Waals surface area contributed by atoms with Gasteiger partial charge in [-0.3, -0.25) is 0 Å². The summed E-state index contributed by atoms with van der Waals surface area (Å²) < 4.78 is 72.5. The molecule has 0 bridgehead atoms. The van der Waals surface area contributed by atoms with E-state index in [9.17, 15) is 21.9 Å². The van der Waals surface area contributed by atoms with E-state index < -0.39 is 37.4 Å². The molecule has 3 aliphatic rings. The highest BCUT2D eigenvalue weighted by atomic mass is 32.2. The van der Waals surface area contributed by atoms with Crippen LogP contribution in [0.25, 0.3) is 0 Å². The quantitative estimate of drug-likeness (QED) is 0.340. The Morgan fingerprint density at radius 3 is 2.63 bits per heavy atom. The van der Waals surface area contributed by atoms with Crippen molar-refractivity contribution in [3.05, 3.63) is 36.5 Å². The molecule has 0 amide bonds. The van der Waals surface area contributed by atoms with E-state index in [0.29, 0.717) is 62.8 Å². The number of anilines is 1.